The van der Waals surface area contributed by atoms with Crippen molar-refractivity contribution in [1.82, 2.24) is 5.32 Å². The Labute approximate surface area is 108 Å². The number of ether oxygens (including phenoxy) is 1. The molecule has 4 N–H and O–H groups in total. The van der Waals surface area contributed by atoms with Gasteiger partial charge in [-0.3, -0.25) is 0 Å². The first-order valence-corrected chi connectivity index (χ1v) is 6.13. The number of urea groups is 1. The average molecular weight is 251 g/mol. The second-order valence-corrected chi connectivity index (χ2v) is 3.97. The molecule has 0 saturated carbocycles. The van der Waals surface area contributed by atoms with E-state index in [9.17, 15) is 4.79 Å². The largest absolute Gasteiger partial charge is 0.495 e. The summed E-state index contributed by atoms with van der Waals surface area (Å²) in [6.45, 7) is 3.19. The summed E-state index contributed by atoms with van der Waals surface area (Å²) in [6.07, 6.45) is 2.02. The van der Waals surface area contributed by atoms with Crippen LogP contribution in [0.3, 0.4) is 0 Å². The van der Waals surface area contributed by atoms with Gasteiger partial charge in [0.1, 0.15) is 5.75 Å². The number of carbonyl (C=O) groups excluding carboxylic acids is 1. The van der Waals surface area contributed by atoms with Crippen LogP contribution in [0.1, 0.15) is 25.3 Å². The second-order valence-electron chi connectivity index (χ2n) is 3.97. The van der Waals surface area contributed by atoms with Gasteiger partial charge in [-0.15, -0.1) is 0 Å². The fourth-order valence-corrected chi connectivity index (χ4v) is 1.51. The molecule has 5 nitrogen and oxygen atoms in total. The van der Waals surface area contributed by atoms with Gasteiger partial charge in [-0.05, 0) is 24.1 Å². The van der Waals surface area contributed by atoms with Crippen LogP contribution in [0.15, 0.2) is 18.2 Å². The Morgan fingerprint density at radius 2 is 2.22 bits per heavy atom. The number of amides is 2. The van der Waals surface area contributed by atoms with Crippen LogP contribution in [0.4, 0.5) is 10.5 Å². The summed E-state index contributed by atoms with van der Waals surface area (Å²) in [7, 11) is 1.57. The zero-order valence-corrected chi connectivity index (χ0v) is 11.0. The van der Waals surface area contributed by atoms with Gasteiger partial charge in [-0.2, -0.15) is 0 Å². The minimum absolute atomic E-state index is 0.220. The molecule has 0 bridgehead atoms. The number of nitrogens with one attached hydrogen (secondary N) is 2. The van der Waals surface area contributed by atoms with Gasteiger partial charge in [0, 0.05) is 13.1 Å². The van der Waals surface area contributed by atoms with E-state index < -0.39 is 0 Å². The number of unbranched alkanes of at least 4 members (excludes halogenated alkanes) is 1. The summed E-state index contributed by atoms with van der Waals surface area (Å²) in [5, 5.41) is 5.54. The molecule has 0 fully saturated rings. The van der Waals surface area contributed by atoms with E-state index in [-0.39, 0.29) is 6.03 Å². The maximum atomic E-state index is 11.6. The van der Waals surface area contributed by atoms with Gasteiger partial charge in [-0.25, -0.2) is 4.79 Å². The molecule has 1 rings (SSSR count). The summed E-state index contributed by atoms with van der Waals surface area (Å²) >= 11 is 0. The van der Waals surface area contributed by atoms with E-state index in [2.05, 4.69) is 17.6 Å². The van der Waals surface area contributed by atoms with Crippen LogP contribution in [-0.4, -0.2) is 19.7 Å². The summed E-state index contributed by atoms with van der Waals surface area (Å²) < 4.78 is 5.22. The molecule has 0 aromatic heterocycles. The molecule has 0 saturated heterocycles. The average Bonchev–Trinajstić information content (AvgIpc) is 2.39. The molecule has 0 heterocycles. The van der Waals surface area contributed by atoms with Crippen LogP contribution in [0.25, 0.3) is 0 Å². The van der Waals surface area contributed by atoms with E-state index in [1.54, 1.807) is 13.2 Å². The Kier molecular flexibility index (Phi) is 6.00. The van der Waals surface area contributed by atoms with Crippen LogP contribution >= 0.6 is 0 Å². The molecule has 1 aromatic carbocycles. The fourth-order valence-electron chi connectivity index (χ4n) is 1.51. The lowest BCUT2D eigenvalue weighted by molar-refractivity contribution is 0.252. The first-order chi connectivity index (χ1) is 8.71. The molecule has 0 unspecified atom stereocenters. The molecule has 18 heavy (non-hydrogen) atoms. The van der Waals surface area contributed by atoms with E-state index in [1.165, 1.54) is 0 Å². The maximum absolute atomic E-state index is 11.6. The Bertz CT molecular complexity index is 394. The third-order valence-electron chi connectivity index (χ3n) is 2.57. The molecule has 0 aliphatic rings. The monoisotopic (exact) mass is 251 g/mol. The summed E-state index contributed by atoms with van der Waals surface area (Å²) in [5.41, 5.74) is 7.15. The molecule has 0 aliphatic heterocycles. The molecule has 0 radical (unpaired) electrons. The van der Waals surface area contributed by atoms with Crippen molar-refractivity contribution in [2.75, 3.05) is 19.0 Å². The Hall–Kier alpha value is -1.75. The van der Waals surface area contributed by atoms with Gasteiger partial charge in [0.15, 0.2) is 0 Å². The number of hydrogen-bond donors (Lipinski definition) is 3. The van der Waals surface area contributed by atoms with Crippen molar-refractivity contribution < 1.29 is 9.53 Å². The lowest BCUT2D eigenvalue weighted by Crippen LogP contribution is -2.29. The quantitative estimate of drug-likeness (QED) is 0.677. The smallest absolute Gasteiger partial charge is 0.319 e. The zero-order valence-electron chi connectivity index (χ0n) is 11.0. The number of rotatable bonds is 6. The topological polar surface area (TPSA) is 76.4 Å². The summed E-state index contributed by atoms with van der Waals surface area (Å²) in [5.74, 6) is 0.614. The van der Waals surface area contributed by atoms with Gasteiger partial charge in [0.2, 0.25) is 0 Å². The predicted octanol–water partition coefficient (Wildman–Crippen LogP) is 2.08. The van der Waals surface area contributed by atoms with Gasteiger partial charge >= 0.3 is 6.03 Å². The van der Waals surface area contributed by atoms with E-state index in [1.807, 2.05) is 12.1 Å². The molecule has 0 spiro atoms. The van der Waals surface area contributed by atoms with Gasteiger partial charge < -0.3 is 21.1 Å². The lowest BCUT2D eigenvalue weighted by Gasteiger charge is -2.12. The third-order valence-corrected chi connectivity index (χ3v) is 2.57. The molecule has 0 atom stereocenters. The lowest BCUT2D eigenvalue weighted by atomic mass is 10.2. The minimum atomic E-state index is -0.220. The van der Waals surface area contributed by atoms with Crippen LogP contribution in [0.2, 0.25) is 0 Å². The number of hydrogen-bond acceptors (Lipinski definition) is 3. The highest BCUT2D eigenvalue weighted by Crippen LogP contribution is 2.25. The number of carbonyl (C=O) groups is 1. The summed E-state index contributed by atoms with van der Waals surface area (Å²) in [4.78, 5) is 11.6. The van der Waals surface area contributed by atoms with Crippen LogP contribution in [-0.2, 0) is 6.54 Å². The first-order valence-electron chi connectivity index (χ1n) is 6.13. The van der Waals surface area contributed by atoms with E-state index in [0.717, 1.165) is 18.4 Å². The zero-order chi connectivity index (χ0) is 13.4. The highest BCUT2D eigenvalue weighted by atomic mass is 16.5. The second kappa shape index (κ2) is 7.55. The van der Waals surface area contributed by atoms with Gasteiger partial charge in [0.05, 0.1) is 12.8 Å². The number of benzene rings is 1. The maximum Gasteiger partial charge on any atom is 0.319 e. The molecule has 2 amide bonds. The normalized spacial score (nSPS) is 9.94. The van der Waals surface area contributed by atoms with Crippen molar-refractivity contribution in [3.05, 3.63) is 23.8 Å². The van der Waals surface area contributed by atoms with Crippen LogP contribution in [0, 0.1) is 0 Å². The highest BCUT2D eigenvalue weighted by molar-refractivity contribution is 5.90. The molecule has 100 valence electrons. The van der Waals surface area contributed by atoms with Gasteiger partial charge in [0.25, 0.3) is 0 Å². The minimum Gasteiger partial charge on any atom is -0.495 e. The Balaban J connectivity index is 2.63. The SMILES string of the molecule is CCCCNC(=O)Nc1ccc(CN)cc1OC. The highest BCUT2D eigenvalue weighted by Gasteiger charge is 2.07. The Morgan fingerprint density at radius 3 is 2.83 bits per heavy atom. The number of methoxy groups -OCH3 is 1. The van der Waals surface area contributed by atoms with Crippen molar-refractivity contribution in [2.45, 2.75) is 26.3 Å². The predicted molar refractivity (Wildman–Crippen MR) is 72.8 cm³/mol. The van der Waals surface area contributed by atoms with E-state index in [4.69, 9.17) is 10.5 Å². The number of anilines is 1. The number of nitrogens with two attached hydrogens (primary N) is 1. The molecule has 0 aliphatic carbocycles. The first kappa shape index (κ1) is 14.3. The summed E-state index contributed by atoms with van der Waals surface area (Å²) in [6, 6.07) is 5.26. The van der Waals surface area contributed by atoms with E-state index in [0.29, 0.717) is 24.5 Å². The van der Waals surface area contributed by atoms with E-state index >= 15 is 0 Å². The molecular weight excluding hydrogens is 230 g/mol. The third kappa shape index (κ3) is 4.25. The van der Waals surface area contributed by atoms with Crippen molar-refractivity contribution in [3.8, 4) is 5.75 Å². The Morgan fingerprint density at radius 1 is 1.44 bits per heavy atom. The van der Waals surface area contributed by atoms with Crippen molar-refractivity contribution >= 4 is 11.7 Å². The molecule has 5 heteroatoms. The van der Waals surface area contributed by atoms with Crippen molar-refractivity contribution in [3.63, 3.8) is 0 Å². The van der Waals surface area contributed by atoms with Crippen LogP contribution < -0.4 is 21.1 Å². The van der Waals surface area contributed by atoms with Crippen LogP contribution in [0.5, 0.6) is 5.75 Å². The van der Waals surface area contributed by atoms with Gasteiger partial charge in [-0.1, -0.05) is 19.4 Å². The molecular formula is C13H21N3O2. The van der Waals surface area contributed by atoms with Crippen molar-refractivity contribution in [1.29, 1.82) is 0 Å². The molecule has 1 aromatic rings. The standard InChI is InChI=1S/C13H21N3O2/c1-3-4-7-15-13(17)16-11-6-5-10(9-14)8-12(11)18-2/h5-6,8H,3-4,7,9,14H2,1-2H3,(H2,15,16,17). The fraction of sp³-hybridized carbons (Fsp3) is 0.462. The van der Waals surface area contributed by atoms with Crippen molar-refractivity contribution in [2.24, 2.45) is 5.73 Å².